The van der Waals surface area contributed by atoms with Gasteiger partial charge in [-0.2, -0.15) is 8.78 Å². The number of benzene rings is 2. The molecule has 0 bridgehead atoms. The van der Waals surface area contributed by atoms with Gasteiger partial charge in [-0.25, -0.2) is 0 Å². The van der Waals surface area contributed by atoms with Gasteiger partial charge in [-0.15, -0.1) is 0 Å². The third-order valence-electron chi connectivity index (χ3n) is 3.54. The number of ether oxygens (including phenoxy) is 3. The lowest BCUT2D eigenvalue weighted by atomic mass is 10.1. The molecule has 0 aliphatic rings. The van der Waals surface area contributed by atoms with Crippen LogP contribution in [-0.4, -0.2) is 26.2 Å². The maximum Gasteiger partial charge on any atom is 0.387 e. The van der Waals surface area contributed by atoms with Crippen LogP contribution in [0.1, 0.15) is 29.3 Å². The van der Waals surface area contributed by atoms with E-state index in [-0.39, 0.29) is 18.2 Å². The lowest BCUT2D eigenvalue weighted by Gasteiger charge is -2.14. The number of rotatable bonds is 9. The lowest BCUT2D eigenvalue weighted by molar-refractivity contribution is -0.0498. The van der Waals surface area contributed by atoms with Crippen LogP contribution >= 0.6 is 15.9 Å². The quantitative estimate of drug-likeness (QED) is 0.605. The highest BCUT2D eigenvalue weighted by atomic mass is 79.9. The van der Waals surface area contributed by atoms with Crippen LogP contribution < -0.4 is 19.5 Å². The Kier molecular flexibility index (Phi) is 7.84. The second kappa shape index (κ2) is 10.1. The van der Waals surface area contributed by atoms with Crippen molar-refractivity contribution in [3.63, 3.8) is 0 Å². The SMILES string of the molecule is CCCOc1c(Br)cc(C(=O)NCc2ccc(OC(F)F)cc2)cc1OC. The Morgan fingerprint density at radius 3 is 2.52 bits per heavy atom. The number of hydrogen-bond acceptors (Lipinski definition) is 4. The lowest BCUT2D eigenvalue weighted by Crippen LogP contribution is -2.23. The summed E-state index contributed by atoms with van der Waals surface area (Å²) >= 11 is 3.40. The first-order valence-corrected chi connectivity index (χ1v) is 9.06. The summed E-state index contributed by atoms with van der Waals surface area (Å²) in [5, 5.41) is 2.77. The Morgan fingerprint density at radius 2 is 1.93 bits per heavy atom. The highest BCUT2D eigenvalue weighted by molar-refractivity contribution is 9.10. The van der Waals surface area contributed by atoms with E-state index >= 15 is 0 Å². The molecule has 8 heteroatoms. The van der Waals surface area contributed by atoms with Crippen LogP contribution in [0.3, 0.4) is 0 Å². The zero-order valence-corrected chi connectivity index (χ0v) is 16.5. The minimum Gasteiger partial charge on any atom is -0.493 e. The first-order chi connectivity index (χ1) is 12.9. The van der Waals surface area contributed by atoms with Gasteiger partial charge in [0.15, 0.2) is 11.5 Å². The summed E-state index contributed by atoms with van der Waals surface area (Å²) in [6.07, 6.45) is 0.846. The van der Waals surface area contributed by atoms with Gasteiger partial charge >= 0.3 is 6.61 Å². The van der Waals surface area contributed by atoms with E-state index in [1.165, 1.54) is 19.2 Å². The predicted molar refractivity (Wildman–Crippen MR) is 101 cm³/mol. The molecule has 0 spiro atoms. The highest BCUT2D eigenvalue weighted by Crippen LogP contribution is 2.36. The van der Waals surface area contributed by atoms with Crippen molar-refractivity contribution in [3.05, 3.63) is 52.0 Å². The molecule has 0 unspecified atom stereocenters. The molecule has 0 fully saturated rings. The summed E-state index contributed by atoms with van der Waals surface area (Å²) in [6.45, 7) is -0.102. The smallest absolute Gasteiger partial charge is 0.387 e. The molecule has 1 amide bonds. The number of methoxy groups -OCH3 is 1. The second-order valence-electron chi connectivity index (χ2n) is 5.54. The zero-order chi connectivity index (χ0) is 19.8. The van der Waals surface area contributed by atoms with E-state index in [0.717, 1.165) is 12.0 Å². The van der Waals surface area contributed by atoms with E-state index in [2.05, 4.69) is 26.0 Å². The maximum atomic E-state index is 12.4. The van der Waals surface area contributed by atoms with Gasteiger partial charge in [0, 0.05) is 12.1 Å². The van der Waals surface area contributed by atoms with Crippen molar-refractivity contribution in [3.8, 4) is 17.2 Å². The number of amides is 1. The molecule has 0 saturated heterocycles. The molecule has 0 aliphatic carbocycles. The van der Waals surface area contributed by atoms with Crippen molar-refractivity contribution in [1.82, 2.24) is 5.32 Å². The largest absolute Gasteiger partial charge is 0.493 e. The molecule has 2 aromatic carbocycles. The van der Waals surface area contributed by atoms with Gasteiger partial charge in [-0.1, -0.05) is 19.1 Å². The molecule has 27 heavy (non-hydrogen) atoms. The van der Waals surface area contributed by atoms with Gasteiger partial charge in [0.2, 0.25) is 0 Å². The molecule has 2 aromatic rings. The van der Waals surface area contributed by atoms with Gasteiger partial charge in [-0.05, 0) is 52.2 Å². The molecule has 0 atom stereocenters. The molecule has 5 nitrogen and oxygen atoms in total. The van der Waals surface area contributed by atoms with Crippen LogP contribution in [0.15, 0.2) is 40.9 Å². The number of alkyl halides is 2. The summed E-state index contributed by atoms with van der Waals surface area (Å²) in [4.78, 5) is 12.4. The van der Waals surface area contributed by atoms with Gasteiger partial charge in [-0.3, -0.25) is 4.79 Å². The summed E-state index contributed by atoms with van der Waals surface area (Å²) in [5.41, 5.74) is 1.15. The Balaban J connectivity index is 2.04. The summed E-state index contributed by atoms with van der Waals surface area (Å²) < 4.78 is 40.2. The number of carbonyl (C=O) groups is 1. The number of nitrogens with one attached hydrogen (secondary N) is 1. The average Bonchev–Trinajstić information content (AvgIpc) is 2.65. The van der Waals surface area contributed by atoms with Crippen LogP contribution in [0.2, 0.25) is 0 Å². The maximum absolute atomic E-state index is 12.4. The van der Waals surface area contributed by atoms with Crippen LogP contribution in [0.25, 0.3) is 0 Å². The fourth-order valence-electron chi connectivity index (χ4n) is 2.27. The molecule has 0 heterocycles. The second-order valence-corrected chi connectivity index (χ2v) is 6.40. The van der Waals surface area contributed by atoms with E-state index in [1.807, 2.05) is 6.92 Å². The van der Waals surface area contributed by atoms with Crippen LogP contribution in [0.4, 0.5) is 8.78 Å². The average molecular weight is 444 g/mol. The minimum absolute atomic E-state index is 0.0661. The first-order valence-electron chi connectivity index (χ1n) is 8.26. The van der Waals surface area contributed by atoms with Crippen molar-refractivity contribution in [1.29, 1.82) is 0 Å². The van der Waals surface area contributed by atoms with Crippen LogP contribution in [0, 0.1) is 0 Å². The fourth-order valence-corrected chi connectivity index (χ4v) is 2.82. The number of halogens is 3. The standard InChI is InChI=1S/C19H20BrF2NO4/c1-3-8-26-17-15(20)9-13(10-16(17)25-2)18(24)23-11-12-4-6-14(7-5-12)27-19(21)22/h4-7,9-10,19H,3,8,11H2,1-2H3,(H,23,24). The Bertz CT molecular complexity index is 769. The topological polar surface area (TPSA) is 56.8 Å². The number of carbonyl (C=O) groups excluding carboxylic acids is 1. The molecule has 0 radical (unpaired) electrons. The van der Waals surface area contributed by atoms with Crippen LogP contribution in [-0.2, 0) is 6.54 Å². The molecular formula is C19H20BrF2NO4. The molecule has 1 N–H and O–H groups in total. The normalized spacial score (nSPS) is 10.6. The monoisotopic (exact) mass is 443 g/mol. The van der Waals surface area contributed by atoms with Crippen molar-refractivity contribution < 1.29 is 27.8 Å². The van der Waals surface area contributed by atoms with E-state index < -0.39 is 6.61 Å². The third-order valence-corrected chi connectivity index (χ3v) is 4.13. The number of hydrogen-bond donors (Lipinski definition) is 1. The molecule has 0 saturated carbocycles. The molecule has 0 aliphatic heterocycles. The third kappa shape index (κ3) is 6.09. The van der Waals surface area contributed by atoms with Crippen molar-refractivity contribution >= 4 is 21.8 Å². The van der Waals surface area contributed by atoms with Gasteiger partial charge in [0.1, 0.15) is 5.75 Å². The summed E-state index contributed by atoms with van der Waals surface area (Å²) in [7, 11) is 1.51. The van der Waals surface area contributed by atoms with Gasteiger partial charge in [0.05, 0.1) is 18.2 Å². The molecule has 2 rings (SSSR count). The molecule has 0 aromatic heterocycles. The predicted octanol–water partition coefficient (Wildman–Crippen LogP) is 4.78. The summed E-state index contributed by atoms with van der Waals surface area (Å²) in [6, 6.07) is 9.32. The van der Waals surface area contributed by atoms with Crippen LogP contribution in [0.5, 0.6) is 17.2 Å². The first kappa shape index (κ1) is 21.0. The molecule has 146 valence electrons. The Morgan fingerprint density at radius 1 is 1.22 bits per heavy atom. The van der Waals surface area contributed by atoms with E-state index in [0.29, 0.717) is 28.1 Å². The zero-order valence-electron chi connectivity index (χ0n) is 14.9. The highest BCUT2D eigenvalue weighted by Gasteiger charge is 2.15. The van der Waals surface area contributed by atoms with Gasteiger partial charge < -0.3 is 19.5 Å². The van der Waals surface area contributed by atoms with Crippen molar-refractivity contribution in [2.24, 2.45) is 0 Å². The fraction of sp³-hybridized carbons (Fsp3) is 0.316. The van der Waals surface area contributed by atoms with Crippen molar-refractivity contribution in [2.45, 2.75) is 26.5 Å². The van der Waals surface area contributed by atoms with E-state index in [9.17, 15) is 13.6 Å². The Hall–Kier alpha value is -2.35. The minimum atomic E-state index is -2.87. The van der Waals surface area contributed by atoms with E-state index in [4.69, 9.17) is 9.47 Å². The molecular weight excluding hydrogens is 424 g/mol. The van der Waals surface area contributed by atoms with Crippen molar-refractivity contribution in [2.75, 3.05) is 13.7 Å². The van der Waals surface area contributed by atoms with E-state index in [1.54, 1.807) is 24.3 Å². The van der Waals surface area contributed by atoms with Gasteiger partial charge in [0.25, 0.3) is 5.91 Å². The Labute approximate surface area is 164 Å². The summed E-state index contributed by atoms with van der Waals surface area (Å²) in [5.74, 6) is 0.766.